The Bertz CT molecular complexity index is 1020. The van der Waals surface area contributed by atoms with Crippen LogP contribution in [0.2, 0.25) is 0 Å². The fourth-order valence-electron chi connectivity index (χ4n) is 3.75. The number of ether oxygens (including phenoxy) is 1. The predicted molar refractivity (Wildman–Crippen MR) is 109 cm³/mol. The summed E-state index contributed by atoms with van der Waals surface area (Å²) < 4.78 is 32.5. The summed E-state index contributed by atoms with van der Waals surface area (Å²) in [6.45, 7) is 0.520. The maximum absolute atomic E-state index is 14.0. The first-order chi connectivity index (χ1) is 14.6. The second-order valence-corrected chi connectivity index (χ2v) is 7.31. The molecule has 0 saturated carbocycles. The molecule has 0 spiro atoms. The molecule has 2 heterocycles. The number of hydrogen-bond acceptors (Lipinski definition) is 3. The third kappa shape index (κ3) is 4.64. The Kier molecular flexibility index (Phi) is 6.02. The molecule has 1 atom stereocenters. The van der Waals surface area contributed by atoms with Crippen molar-refractivity contribution < 1.29 is 18.3 Å². The summed E-state index contributed by atoms with van der Waals surface area (Å²) in [5, 5.41) is 0. The van der Waals surface area contributed by atoms with Crippen LogP contribution in [0.4, 0.5) is 8.78 Å². The van der Waals surface area contributed by atoms with Crippen LogP contribution in [0.15, 0.2) is 66.7 Å². The number of hydrogen-bond donors (Lipinski definition) is 0. The Morgan fingerprint density at radius 3 is 2.63 bits per heavy atom. The number of nitrogens with zero attached hydrogens (tertiary/aromatic N) is 2. The van der Waals surface area contributed by atoms with Crippen LogP contribution in [0.1, 0.15) is 35.8 Å². The molecular weight excluding hydrogens is 386 g/mol. The Hall–Kier alpha value is -3.28. The molecule has 2 aromatic carbocycles. The van der Waals surface area contributed by atoms with Crippen molar-refractivity contribution in [1.82, 2.24) is 9.88 Å². The number of rotatable bonds is 6. The molecule has 3 aromatic rings. The Morgan fingerprint density at radius 2 is 1.83 bits per heavy atom. The van der Waals surface area contributed by atoms with Crippen LogP contribution in [0.25, 0.3) is 0 Å². The summed E-state index contributed by atoms with van der Waals surface area (Å²) in [5.41, 5.74) is 2.16. The van der Waals surface area contributed by atoms with E-state index >= 15 is 0 Å². The molecule has 0 bridgehead atoms. The van der Waals surface area contributed by atoms with Gasteiger partial charge in [0.25, 0.3) is 5.91 Å². The summed E-state index contributed by atoms with van der Waals surface area (Å²) in [4.78, 5) is 19.2. The molecule has 1 amide bonds. The maximum atomic E-state index is 14.0. The van der Waals surface area contributed by atoms with Gasteiger partial charge in [-0.1, -0.05) is 24.3 Å². The number of pyridine rings is 1. The van der Waals surface area contributed by atoms with E-state index in [0.29, 0.717) is 24.3 Å². The zero-order valence-corrected chi connectivity index (χ0v) is 16.4. The van der Waals surface area contributed by atoms with Crippen LogP contribution >= 0.6 is 0 Å². The van der Waals surface area contributed by atoms with E-state index < -0.39 is 0 Å². The second kappa shape index (κ2) is 9.03. The van der Waals surface area contributed by atoms with E-state index in [1.165, 1.54) is 30.3 Å². The first-order valence-corrected chi connectivity index (χ1v) is 9.97. The average Bonchev–Trinajstić information content (AvgIpc) is 3.25. The molecule has 6 heteroatoms. The average molecular weight is 408 g/mol. The number of aromatic nitrogens is 1. The molecule has 1 fully saturated rings. The van der Waals surface area contributed by atoms with Crippen molar-refractivity contribution in [3.05, 3.63) is 95.3 Å². The molecule has 30 heavy (non-hydrogen) atoms. The highest BCUT2D eigenvalue weighted by atomic mass is 19.1. The molecule has 0 radical (unpaired) electrons. The Balaban J connectivity index is 1.44. The van der Waals surface area contributed by atoms with Gasteiger partial charge in [-0.3, -0.25) is 9.78 Å². The van der Waals surface area contributed by atoms with E-state index in [1.54, 1.807) is 23.1 Å². The zero-order chi connectivity index (χ0) is 20.9. The molecule has 1 saturated heterocycles. The van der Waals surface area contributed by atoms with Crippen molar-refractivity contribution >= 4 is 5.91 Å². The smallest absolute Gasteiger partial charge is 0.261 e. The van der Waals surface area contributed by atoms with E-state index in [-0.39, 0.29) is 30.2 Å². The highest BCUT2D eigenvalue weighted by molar-refractivity contribution is 5.78. The van der Waals surface area contributed by atoms with Gasteiger partial charge in [0.1, 0.15) is 17.4 Å². The predicted octanol–water partition coefficient (Wildman–Crippen LogP) is 4.69. The lowest BCUT2D eigenvalue weighted by Crippen LogP contribution is -2.34. The molecule has 0 aliphatic carbocycles. The molecule has 1 aliphatic heterocycles. The summed E-state index contributed by atoms with van der Waals surface area (Å²) in [7, 11) is 0. The third-order valence-corrected chi connectivity index (χ3v) is 5.25. The van der Waals surface area contributed by atoms with Crippen LogP contribution < -0.4 is 4.74 Å². The number of carbonyl (C=O) groups excluding carboxylic acids is 1. The highest BCUT2D eigenvalue weighted by Crippen LogP contribution is 2.31. The van der Waals surface area contributed by atoms with E-state index in [1.807, 2.05) is 18.2 Å². The number of likely N-dealkylation sites (tertiary alicyclic amines) is 1. The maximum Gasteiger partial charge on any atom is 0.261 e. The van der Waals surface area contributed by atoms with Crippen LogP contribution in [0.5, 0.6) is 5.75 Å². The van der Waals surface area contributed by atoms with E-state index in [2.05, 4.69) is 0 Å². The van der Waals surface area contributed by atoms with Crippen molar-refractivity contribution in [3.8, 4) is 5.75 Å². The van der Waals surface area contributed by atoms with Gasteiger partial charge in [-0.05, 0) is 60.9 Å². The Labute approximate surface area is 174 Å². The first kappa shape index (κ1) is 20.0. The second-order valence-electron chi connectivity index (χ2n) is 7.31. The van der Waals surface area contributed by atoms with E-state index in [4.69, 9.17) is 9.72 Å². The number of halogens is 2. The molecule has 154 valence electrons. The topological polar surface area (TPSA) is 42.4 Å². The van der Waals surface area contributed by atoms with Gasteiger partial charge in [0.2, 0.25) is 0 Å². The highest BCUT2D eigenvalue weighted by Gasteiger charge is 2.31. The van der Waals surface area contributed by atoms with Crippen LogP contribution in [0.3, 0.4) is 0 Å². The van der Waals surface area contributed by atoms with Crippen molar-refractivity contribution in [3.63, 3.8) is 0 Å². The summed E-state index contributed by atoms with van der Waals surface area (Å²) in [6, 6.07) is 17.8. The number of carbonyl (C=O) groups is 1. The molecule has 4 rings (SSSR count). The van der Waals surface area contributed by atoms with Crippen molar-refractivity contribution in [2.75, 3.05) is 13.2 Å². The lowest BCUT2D eigenvalue weighted by Gasteiger charge is -2.24. The quantitative estimate of drug-likeness (QED) is 0.594. The summed E-state index contributed by atoms with van der Waals surface area (Å²) >= 11 is 0. The molecule has 0 N–H and O–H groups in total. The van der Waals surface area contributed by atoms with Crippen molar-refractivity contribution in [2.45, 2.75) is 25.3 Å². The normalized spacial score (nSPS) is 15.9. The van der Waals surface area contributed by atoms with Gasteiger partial charge in [-0.25, -0.2) is 8.78 Å². The first-order valence-electron chi connectivity index (χ1n) is 9.97. The van der Waals surface area contributed by atoms with Gasteiger partial charge in [0, 0.05) is 18.7 Å². The van der Waals surface area contributed by atoms with E-state index in [9.17, 15) is 13.6 Å². The largest absolute Gasteiger partial charge is 0.484 e. The molecule has 1 aliphatic rings. The lowest BCUT2D eigenvalue weighted by molar-refractivity contribution is -0.134. The van der Waals surface area contributed by atoms with Crippen LogP contribution in [0, 0.1) is 11.6 Å². The van der Waals surface area contributed by atoms with E-state index in [0.717, 1.165) is 24.2 Å². The summed E-state index contributed by atoms with van der Waals surface area (Å²) in [6.07, 6.45) is 2.10. The van der Waals surface area contributed by atoms with Gasteiger partial charge >= 0.3 is 0 Å². The van der Waals surface area contributed by atoms with Crippen LogP contribution in [-0.2, 0) is 11.2 Å². The minimum atomic E-state index is -0.352. The SMILES string of the molecule is O=C(COc1ccc(F)cc1)N1CCC[C@@H]1c1cccc(Cc2ccccc2F)n1. The lowest BCUT2D eigenvalue weighted by atomic mass is 10.1. The van der Waals surface area contributed by atoms with Gasteiger partial charge in [0.15, 0.2) is 6.61 Å². The molecule has 1 aromatic heterocycles. The van der Waals surface area contributed by atoms with Crippen molar-refractivity contribution in [1.29, 1.82) is 0 Å². The van der Waals surface area contributed by atoms with Gasteiger partial charge in [0.05, 0.1) is 11.7 Å². The monoisotopic (exact) mass is 408 g/mol. The summed E-state index contributed by atoms with van der Waals surface area (Å²) in [5.74, 6) is -0.288. The minimum absolute atomic E-state index is 0.114. The molecule has 0 unspecified atom stereocenters. The fourth-order valence-corrected chi connectivity index (χ4v) is 3.75. The number of amides is 1. The minimum Gasteiger partial charge on any atom is -0.484 e. The molecular formula is C24H22F2N2O2. The van der Waals surface area contributed by atoms with Crippen molar-refractivity contribution in [2.24, 2.45) is 0 Å². The standard InChI is InChI=1S/C24H22F2N2O2/c25-18-10-12-20(13-11-18)30-16-24(29)28-14-4-9-23(28)22-8-3-6-19(27-22)15-17-5-1-2-7-21(17)26/h1-3,5-8,10-13,23H,4,9,14-16H2/t23-/m1/s1. The number of benzene rings is 2. The van der Waals surface area contributed by atoms with Gasteiger partial charge in [-0.15, -0.1) is 0 Å². The Morgan fingerprint density at radius 1 is 1.03 bits per heavy atom. The van der Waals surface area contributed by atoms with Gasteiger partial charge in [-0.2, -0.15) is 0 Å². The zero-order valence-electron chi connectivity index (χ0n) is 16.4. The molecule has 4 nitrogen and oxygen atoms in total. The van der Waals surface area contributed by atoms with Crippen LogP contribution in [-0.4, -0.2) is 28.9 Å². The fraction of sp³-hybridized carbons (Fsp3) is 0.250. The van der Waals surface area contributed by atoms with Gasteiger partial charge < -0.3 is 9.64 Å². The third-order valence-electron chi connectivity index (χ3n) is 5.25.